The fraction of sp³-hybridized carbons (Fsp3) is 0.364. The number of ether oxygens (including phenoxy) is 1. The van der Waals surface area contributed by atoms with Gasteiger partial charge in [-0.25, -0.2) is 0 Å². The van der Waals surface area contributed by atoms with Crippen molar-refractivity contribution in [2.75, 3.05) is 11.9 Å². The standard InChI is InChI=1S/C22H23ClN2O2/c1-15(26)16-3-6-18(7-4-16)25(2)19-8-11-20(12-9-19)27-21-10-5-17(14-24)22(23)13-21/h3-7,10,13,19-20H,8-9,11-12H2,1-2H3/t19-,20-. The molecule has 0 spiro atoms. The first-order valence-corrected chi connectivity index (χ1v) is 9.56. The van der Waals surface area contributed by atoms with E-state index in [0.717, 1.165) is 42.7 Å². The smallest absolute Gasteiger partial charge is 0.159 e. The second-order valence-corrected chi connectivity index (χ2v) is 7.42. The third-order valence-corrected chi connectivity index (χ3v) is 5.55. The van der Waals surface area contributed by atoms with Crippen molar-refractivity contribution < 1.29 is 9.53 Å². The summed E-state index contributed by atoms with van der Waals surface area (Å²) in [5.74, 6) is 0.806. The zero-order valence-electron chi connectivity index (χ0n) is 15.6. The molecule has 4 nitrogen and oxygen atoms in total. The lowest BCUT2D eigenvalue weighted by Crippen LogP contribution is -2.37. The van der Waals surface area contributed by atoms with Crippen molar-refractivity contribution in [3.8, 4) is 11.8 Å². The Morgan fingerprint density at radius 1 is 1.15 bits per heavy atom. The van der Waals surface area contributed by atoms with Crippen LogP contribution < -0.4 is 9.64 Å². The van der Waals surface area contributed by atoms with Crippen molar-refractivity contribution >= 4 is 23.1 Å². The lowest BCUT2D eigenvalue weighted by Gasteiger charge is -2.36. The SMILES string of the molecule is CC(=O)c1ccc(N(C)[C@H]2CC[C@H](Oc3ccc(C#N)c(Cl)c3)CC2)cc1. The molecule has 0 unspecified atom stereocenters. The van der Waals surface area contributed by atoms with Gasteiger partial charge in [-0.15, -0.1) is 0 Å². The summed E-state index contributed by atoms with van der Waals surface area (Å²) in [7, 11) is 2.11. The van der Waals surface area contributed by atoms with E-state index in [-0.39, 0.29) is 11.9 Å². The summed E-state index contributed by atoms with van der Waals surface area (Å²) in [6, 6.07) is 15.5. The van der Waals surface area contributed by atoms with Gasteiger partial charge in [-0.2, -0.15) is 5.26 Å². The van der Waals surface area contributed by atoms with Crippen molar-refractivity contribution in [2.24, 2.45) is 0 Å². The largest absolute Gasteiger partial charge is 0.490 e. The first-order chi connectivity index (χ1) is 13.0. The van der Waals surface area contributed by atoms with Gasteiger partial charge in [0, 0.05) is 30.4 Å². The molecule has 0 N–H and O–H groups in total. The minimum absolute atomic E-state index is 0.0877. The maximum atomic E-state index is 11.4. The quantitative estimate of drug-likeness (QED) is 0.663. The average molecular weight is 383 g/mol. The molecule has 0 saturated heterocycles. The molecule has 140 valence electrons. The van der Waals surface area contributed by atoms with Crippen LogP contribution in [0.3, 0.4) is 0 Å². The Bertz CT molecular complexity index is 850. The lowest BCUT2D eigenvalue weighted by molar-refractivity contribution is 0.101. The van der Waals surface area contributed by atoms with Gasteiger partial charge in [0.25, 0.3) is 0 Å². The number of anilines is 1. The van der Waals surface area contributed by atoms with Gasteiger partial charge in [-0.1, -0.05) is 11.6 Å². The number of rotatable bonds is 5. The molecule has 1 aliphatic carbocycles. The first-order valence-electron chi connectivity index (χ1n) is 9.18. The zero-order chi connectivity index (χ0) is 19.4. The molecule has 3 rings (SSSR count). The van der Waals surface area contributed by atoms with Crippen LogP contribution in [-0.2, 0) is 0 Å². The Kier molecular flexibility index (Phi) is 6.03. The number of hydrogen-bond acceptors (Lipinski definition) is 4. The van der Waals surface area contributed by atoms with Crippen LogP contribution in [-0.4, -0.2) is 25.0 Å². The molecule has 0 atom stereocenters. The molecule has 5 heteroatoms. The Labute approximate surface area is 165 Å². The van der Waals surface area contributed by atoms with E-state index in [0.29, 0.717) is 16.6 Å². The van der Waals surface area contributed by atoms with Crippen molar-refractivity contribution in [1.29, 1.82) is 5.26 Å². The molecule has 2 aromatic rings. The van der Waals surface area contributed by atoms with E-state index in [9.17, 15) is 4.79 Å². The fourth-order valence-electron chi connectivity index (χ4n) is 3.54. The highest BCUT2D eigenvalue weighted by Crippen LogP contribution is 2.30. The maximum absolute atomic E-state index is 11.4. The normalized spacial score (nSPS) is 19.2. The Morgan fingerprint density at radius 2 is 1.81 bits per heavy atom. The number of nitrogens with zero attached hydrogens (tertiary/aromatic N) is 2. The topological polar surface area (TPSA) is 53.3 Å². The van der Waals surface area contributed by atoms with Crippen LogP contribution in [0.2, 0.25) is 5.02 Å². The van der Waals surface area contributed by atoms with Gasteiger partial charge < -0.3 is 9.64 Å². The van der Waals surface area contributed by atoms with Crippen LogP contribution in [0.5, 0.6) is 5.75 Å². The number of nitriles is 1. The van der Waals surface area contributed by atoms with Crippen molar-refractivity contribution in [3.63, 3.8) is 0 Å². The molecule has 0 radical (unpaired) electrons. The van der Waals surface area contributed by atoms with E-state index in [1.807, 2.05) is 24.3 Å². The Morgan fingerprint density at radius 3 is 2.37 bits per heavy atom. The van der Waals surface area contributed by atoms with E-state index >= 15 is 0 Å². The van der Waals surface area contributed by atoms with E-state index in [1.165, 1.54) is 0 Å². The van der Waals surface area contributed by atoms with Gasteiger partial charge in [-0.3, -0.25) is 4.79 Å². The number of carbonyl (C=O) groups is 1. The summed E-state index contributed by atoms with van der Waals surface area (Å²) in [5.41, 5.74) is 2.33. The highest BCUT2D eigenvalue weighted by molar-refractivity contribution is 6.31. The van der Waals surface area contributed by atoms with Crippen LogP contribution in [0.4, 0.5) is 5.69 Å². The lowest BCUT2D eigenvalue weighted by atomic mass is 9.91. The molecule has 0 aliphatic heterocycles. The van der Waals surface area contributed by atoms with Crippen LogP contribution in [0.25, 0.3) is 0 Å². The highest BCUT2D eigenvalue weighted by Gasteiger charge is 2.25. The van der Waals surface area contributed by atoms with Crippen LogP contribution in [0, 0.1) is 11.3 Å². The summed E-state index contributed by atoms with van der Waals surface area (Å²) < 4.78 is 6.06. The zero-order valence-corrected chi connectivity index (χ0v) is 16.4. The van der Waals surface area contributed by atoms with E-state index in [4.69, 9.17) is 21.6 Å². The van der Waals surface area contributed by atoms with Crippen LogP contribution in [0.1, 0.15) is 48.5 Å². The maximum Gasteiger partial charge on any atom is 0.159 e. The summed E-state index contributed by atoms with van der Waals surface area (Å²) in [4.78, 5) is 13.7. The number of hydrogen-bond donors (Lipinski definition) is 0. The number of carbonyl (C=O) groups excluding carboxylic acids is 1. The number of halogens is 1. The second-order valence-electron chi connectivity index (χ2n) is 7.02. The van der Waals surface area contributed by atoms with Crippen LogP contribution in [0.15, 0.2) is 42.5 Å². The molecule has 0 aromatic heterocycles. The van der Waals surface area contributed by atoms with Crippen molar-refractivity contribution in [2.45, 2.75) is 44.8 Å². The minimum Gasteiger partial charge on any atom is -0.490 e. The molecule has 1 saturated carbocycles. The highest BCUT2D eigenvalue weighted by atomic mass is 35.5. The number of ketones is 1. The minimum atomic E-state index is 0.0877. The number of benzene rings is 2. The van der Waals surface area contributed by atoms with E-state index < -0.39 is 0 Å². The molecular weight excluding hydrogens is 360 g/mol. The summed E-state index contributed by atoms with van der Waals surface area (Å²) >= 11 is 6.08. The molecular formula is C22H23ClN2O2. The predicted molar refractivity (Wildman–Crippen MR) is 108 cm³/mol. The van der Waals surface area contributed by atoms with E-state index in [1.54, 1.807) is 25.1 Å². The van der Waals surface area contributed by atoms with Gasteiger partial charge >= 0.3 is 0 Å². The average Bonchev–Trinajstić information content (AvgIpc) is 2.68. The van der Waals surface area contributed by atoms with Crippen LogP contribution >= 0.6 is 11.6 Å². The molecule has 27 heavy (non-hydrogen) atoms. The molecule has 1 fully saturated rings. The monoisotopic (exact) mass is 382 g/mol. The van der Waals surface area contributed by atoms with Gasteiger partial charge in [-0.05, 0) is 69.0 Å². The summed E-state index contributed by atoms with van der Waals surface area (Å²) in [5, 5.41) is 9.38. The third kappa shape index (κ3) is 4.61. The summed E-state index contributed by atoms with van der Waals surface area (Å²) in [6.45, 7) is 1.58. The second kappa shape index (κ2) is 8.45. The molecule has 0 bridgehead atoms. The van der Waals surface area contributed by atoms with Gasteiger partial charge in [0.1, 0.15) is 11.8 Å². The first kappa shape index (κ1) is 19.3. The molecule has 0 amide bonds. The van der Waals surface area contributed by atoms with Crippen molar-refractivity contribution in [3.05, 3.63) is 58.6 Å². The predicted octanol–water partition coefficient (Wildman–Crippen LogP) is 5.24. The van der Waals surface area contributed by atoms with Gasteiger partial charge in [0.2, 0.25) is 0 Å². The molecule has 2 aromatic carbocycles. The fourth-order valence-corrected chi connectivity index (χ4v) is 3.76. The van der Waals surface area contributed by atoms with Crippen molar-refractivity contribution in [1.82, 2.24) is 0 Å². The Balaban J connectivity index is 1.56. The van der Waals surface area contributed by atoms with Gasteiger partial charge in [0.05, 0.1) is 16.7 Å². The Hall–Kier alpha value is -2.51. The summed E-state index contributed by atoms with van der Waals surface area (Å²) in [6.07, 6.45) is 4.19. The molecule has 1 aliphatic rings. The number of Topliss-reactive ketones (excluding diaryl/α,β-unsaturated/α-hetero) is 1. The third-order valence-electron chi connectivity index (χ3n) is 5.24. The van der Waals surface area contributed by atoms with E-state index in [2.05, 4.69) is 18.0 Å². The van der Waals surface area contributed by atoms with Gasteiger partial charge in [0.15, 0.2) is 5.78 Å². The molecule has 0 heterocycles.